The third-order valence-electron chi connectivity index (χ3n) is 2.48. The van der Waals surface area contributed by atoms with Crippen molar-refractivity contribution in [3.8, 4) is 5.75 Å². The van der Waals surface area contributed by atoms with E-state index in [4.69, 9.17) is 16.3 Å². The van der Waals surface area contributed by atoms with Crippen LogP contribution >= 0.6 is 11.6 Å². The predicted octanol–water partition coefficient (Wildman–Crippen LogP) is 1.74. The molecule has 1 rings (SSSR count). The lowest BCUT2D eigenvalue weighted by atomic mass is 10.3. The fourth-order valence-electron chi connectivity index (χ4n) is 1.26. The molecule has 0 radical (unpaired) electrons. The Morgan fingerprint density at radius 2 is 1.78 bits per heavy atom. The van der Waals surface area contributed by atoms with Gasteiger partial charge >= 0.3 is 0 Å². The Balaban J connectivity index is 2.34. The van der Waals surface area contributed by atoms with Gasteiger partial charge in [-0.3, -0.25) is 4.79 Å². The Hall–Kier alpha value is -1.26. The second kappa shape index (κ2) is 7.24. The van der Waals surface area contributed by atoms with E-state index in [9.17, 15) is 4.79 Å². The topological polar surface area (TPSA) is 32.8 Å². The van der Waals surface area contributed by atoms with Gasteiger partial charge in [-0.25, -0.2) is 0 Å². The van der Waals surface area contributed by atoms with Crippen LogP contribution in [0.25, 0.3) is 0 Å². The number of nitrogens with zero attached hydrogens (tertiary/aromatic N) is 2. The number of rotatable bonds is 6. The molecule has 0 N–H and O–H groups in total. The van der Waals surface area contributed by atoms with Crippen molar-refractivity contribution in [3.05, 3.63) is 29.3 Å². The Morgan fingerprint density at radius 1 is 1.17 bits per heavy atom. The molecule has 0 fully saturated rings. The van der Waals surface area contributed by atoms with Crippen LogP contribution in [-0.2, 0) is 4.79 Å². The molecule has 0 aliphatic carbocycles. The summed E-state index contributed by atoms with van der Waals surface area (Å²) in [6.45, 7) is 1.57. The van der Waals surface area contributed by atoms with Crippen molar-refractivity contribution in [2.75, 3.05) is 40.8 Å². The highest BCUT2D eigenvalue weighted by Crippen LogP contribution is 2.15. The normalized spacial score (nSPS) is 10.5. The number of hydrogen-bond acceptors (Lipinski definition) is 3. The summed E-state index contributed by atoms with van der Waals surface area (Å²) in [5.41, 5.74) is 0. The summed E-state index contributed by atoms with van der Waals surface area (Å²) in [5, 5.41) is 0.650. The standard InChI is InChI=1S/C13H19ClN2O2/c1-15(2)8-9-16(3)13(17)10-18-12-6-4-11(14)5-7-12/h4-7H,8-10H2,1-3H3. The largest absolute Gasteiger partial charge is 0.484 e. The summed E-state index contributed by atoms with van der Waals surface area (Å²) in [6, 6.07) is 6.96. The number of hydrogen-bond donors (Lipinski definition) is 0. The molecule has 0 saturated heterocycles. The zero-order valence-corrected chi connectivity index (χ0v) is 11.8. The zero-order valence-electron chi connectivity index (χ0n) is 11.0. The number of carbonyl (C=O) groups is 1. The van der Waals surface area contributed by atoms with Crippen molar-refractivity contribution in [2.45, 2.75) is 0 Å². The summed E-state index contributed by atoms with van der Waals surface area (Å²) in [6.07, 6.45) is 0. The minimum absolute atomic E-state index is 0.0354. The van der Waals surface area contributed by atoms with E-state index in [1.54, 1.807) is 36.2 Å². The Kier molecular flexibility index (Phi) is 5.95. The van der Waals surface area contributed by atoms with Crippen LogP contribution in [0.3, 0.4) is 0 Å². The molecule has 5 heteroatoms. The van der Waals surface area contributed by atoms with Gasteiger partial charge in [0.15, 0.2) is 6.61 Å². The number of benzene rings is 1. The molecule has 0 unspecified atom stereocenters. The summed E-state index contributed by atoms with van der Waals surface area (Å²) >= 11 is 5.76. The maximum Gasteiger partial charge on any atom is 0.260 e. The molecule has 100 valence electrons. The second-order valence-electron chi connectivity index (χ2n) is 4.36. The lowest BCUT2D eigenvalue weighted by molar-refractivity contribution is -0.132. The van der Waals surface area contributed by atoms with E-state index in [1.807, 2.05) is 19.0 Å². The van der Waals surface area contributed by atoms with E-state index in [2.05, 4.69) is 0 Å². The van der Waals surface area contributed by atoms with Crippen molar-refractivity contribution >= 4 is 17.5 Å². The highest BCUT2D eigenvalue weighted by molar-refractivity contribution is 6.30. The first-order chi connectivity index (χ1) is 8.49. The molecule has 0 heterocycles. The smallest absolute Gasteiger partial charge is 0.260 e. The van der Waals surface area contributed by atoms with Gasteiger partial charge in [0.1, 0.15) is 5.75 Å². The maximum absolute atomic E-state index is 11.8. The van der Waals surface area contributed by atoms with E-state index in [1.165, 1.54) is 0 Å². The van der Waals surface area contributed by atoms with Crippen molar-refractivity contribution in [1.29, 1.82) is 0 Å². The van der Waals surface area contributed by atoms with Crippen molar-refractivity contribution in [1.82, 2.24) is 9.80 Å². The summed E-state index contributed by atoms with van der Waals surface area (Å²) in [7, 11) is 5.72. The van der Waals surface area contributed by atoms with Gasteiger partial charge in [0, 0.05) is 25.2 Å². The molecule has 1 amide bonds. The monoisotopic (exact) mass is 270 g/mol. The number of halogens is 1. The van der Waals surface area contributed by atoms with Crippen LogP contribution in [0.4, 0.5) is 0 Å². The summed E-state index contributed by atoms with van der Waals surface area (Å²) < 4.78 is 5.39. The molecular formula is C13H19ClN2O2. The van der Waals surface area contributed by atoms with E-state index < -0.39 is 0 Å². The molecule has 0 aromatic heterocycles. The van der Waals surface area contributed by atoms with Gasteiger partial charge in [0.05, 0.1) is 0 Å². The molecule has 0 aliphatic heterocycles. The van der Waals surface area contributed by atoms with Crippen LogP contribution in [0.15, 0.2) is 24.3 Å². The fourth-order valence-corrected chi connectivity index (χ4v) is 1.39. The molecule has 0 atom stereocenters. The van der Waals surface area contributed by atoms with Crippen LogP contribution in [0, 0.1) is 0 Å². The SMILES string of the molecule is CN(C)CCN(C)C(=O)COc1ccc(Cl)cc1. The highest BCUT2D eigenvalue weighted by Gasteiger charge is 2.09. The first kappa shape index (κ1) is 14.8. The third-order valence-corrected chi connectivity index (χ3v) is 2.74. The van der Waals surface area contributed by atoms with Crippen LogP contribution in [0.1, 0.15) is 0 Å². The van der Waals surface area contributed by atoms with Gasteiger partial charge in [0.2, 0.25) is 0 Å². The molecule has 0 bridgehead atoms. The van der Waals surface area contributed by atoms with Crippen LogP contribution in [0.5, 0.6) is 5.75 Å². The Labute approximate surface area is 113 Å². The second-order valence-corrected chi connectivity index (χ2v) is 4.80. The Bertz CT molecular complexity index is 379. The molecule has 0 spiro atoms. The molecule has 1 aromatic carbocycles. The highest BCUT2D eigenvalue weighted by atomic mass is 35.5. The van der Waals surface area contributed by atoms with Gasteiger partial charge in [-0.15, -0.1) is 0 Å². The third kappa shape index (κ3) is 5.38. The molecule has 0 saturated carbocycles. The number of amides is 1. The minimum Gasteiger partial charge on any atom is -0.484 e. The molecule has 0 aliphatic rings. The van der Waals surface area contributed by atoms with Gasteiger partial charge in [-0.05, 0) is 38.4 Å². The van der Waals surface area contributed by atoms with Crippen molar-refractivity contribution < 1.29 is 9.53 Å². The number of carbonyl (C=O) groups excluding carboxylic acids is 1. The van der Waals surface area contributed by atoms with Crippen LogP contribution in [-0.4, -0.2) is 56.5 Å². The number of likely N-dealkylation sites (N-methyl/N-ethyl adjacent to an activating group) is 2. The van der Waals surface area contributed by atoms with Crippen molar-refractivity contribution in [3.63, 3.8) is 0 Å². The van der Waals surface area contributed by atoms with E-state index in [0.717, 1.165) is 6.54 Å². The van der Waals surface area contributed by atoms with Gasteiger partial charge in [0.25, 0.3) is 5.91 Å². The zero-order chi connectivity index (χ0) is 13.5. The fraction of sp³-hybridized carbons (Fsp3) is 0.462. The maximum atomic E-state index is 11.8. The first-order valence-electron chi connectivity index (χ1n) is 5.76. The van der Waals surface area contributed by atoms with Gasteiger partial charge < -0.3 is 14.5 Å². The molecular weight excluding hydrogens is 252 g/mol. The van der Waals surface area contributed by atoms with Gasteiger partial charge in [-0.1, -0.05) is 11.6 Å². The lowest BCUT2D eigenvalue weighted by Crippen LogP contribution is -2.36. The van der Waals surface area contributed by atoms with E-state index >= 15 is 0 Å². The number of ether oxygens (including phenoxy) is 1. The Morgan fingerprint density at radius 3 is 2.33 bits per heavy atom. The summed E-state index contributed by atoms with van der Waals surface area (Å²) in [5.74, 6) is 0.612. The van der Waals surface area contributed by atoms with E-state index in [0.29, 0.717) is 17.3 Å². The summed E-state index contributed by atoms with van der Waals surface area (Å²) in [4.78, 5) is 15.4. The minimum atomic E-state index is -0.0354. The molecule has 1 aromatic rings. The van der Waals surface area contributed by atoms with E-state index in [-0.39, 0.29) is 12.5 Å². The molecule has 18 heavy (non-hydrogen) atoms. The average Bonchev–Trinajstić information content (AvgIpc) is 2.34. The van der Waals surface area contributed by atoms with Crippen molar-refractivity contribution in [2.24, 2.45) is 0 Å². The van der Waals surface area contributed by atoms with Crippen LogP contribution in [0.2, 0.25) is 5.02 Å². The molecule has 4 nitrogen and oxygen atoms in total. The average molecular weight is 271 g/mol. The first-order valence-corrected chi connectivity index (χ1v) is 6.14. The lowest BCUT2D eigenvalue weighted by Gasteiger charge is -2.19. The van der Waals surface area contributed by atoms with Gasteiger partial charge in [-0.2, -0.15) is 0 Å². The quantitative estimate of drug-likeness (QED) is 0.789. The predicted molar refractivity (Wildman–Crippen MR) is 73.1 cm³/mol. The van der Waals surface area contributed by atoms with Crippen LogP contribution < -0.4 is 4.74 Å².